The number of nitrogens with one attached hydrogen (secondary N) is 1. The topological polar surface area (TPSA) is 113 Å². The van der Waals surface area contributed by atoms with Gasteiger partial charge in [0.05, 0.1) is 22.8 Å². The third-order valence-corrected chi connectivity index (χ3v) is 9.30. The molecule has 0 radical (unpaired) electrons. The zero-order chi connectivity index (χ0) is 33.8. The number of rotatable bonds is 11. The Balaban J connectivity index is 1.14. The molecule has 1 N–H and O–H groups in total. The molecule has 1 amide bonds. The second-order valence-electron chi connectivity index (χ2n) is 14.2. The van der Waals surface area contributed by atoms with Crippen molar-refractivity contribution in [2.75, 3.05) is 32.1 Å². The largest absolute Gasteiger partial charge is 0.443 e. The smallest absolute Gasteiger partial charge is 0.419 e. The third-order valence-electron chi connectivity index (χ3n) is 9.30. The van der Waals surface area contributed by atoms with E-state index in [4.69, 9.17) is 19.3 Å². The molecule has 0 spiro atoms. The van der Waals surface area contributed by atoms with Crippen LogP contribution in [0.25, 0.3) is 21.8 Å². The van der Waals surface area contributed by atoms with E-state index < -0.39 is 11.7 Å². The summed E-state index contributed by atoms with van der Waals surface area (Å²) in [7, 11) is 2.08. The second-order valence-corrected chi connectivity index (χ2v) is 14.2. The molecule has 2 aliphatic rings. The average Bonchev–Trinajstić information content (AvgIpc) is 3.74. The van der Waals surface area contributed by atoms with Crippen LogP contribution in [-0.4, -0.2) is 74.9 Å². The summed E-state index contributed by atoms with van der Waals surface area (Å²) < 4.78 is 21.0. The van der Waals surface area contributed by atoms with Crippen LogP contribution in [0.2, 0.25) is 0 Å². The van der Waals surface area contributed by atoms with Crippen LogP contribution in [0.5, 0.6) is 0 Å². The second kappa shape index (κ2) is 14.8. The number of fused-ring (bicyclic) bond motifs is 2. The van der Waals surface area contributed by atoms with Gasteiger partial charge in [-0.2, -0.15) is 5.10 Å². The first kappa shape index (κ1) is 34.1. The Labute approximate surface area is 282 Å². The summed E-state index contributed by atoms with van der Waals surface area (Å²) in [5, 5.41) is 9.59. The van der Waals surface area contributed by atoms with Crippen molar-refractivity contribution in [1.82, 2.24) is 24.2 Å². The van der Waals surface area contributed by atoms with Gasteiger partial charge in [-0.3, -0.25) is 14.4 Å². The van der Waals surface area contributed by atoms with Crippen molar-refractivity contribution in [3.05, 3.63) is 53.5 Å². The van der Waals surface area contributed by atoms with Gasteiger partial charge in [-0.25, -0.2) is 14.3 Å². The highest BCUT2D eigenvalue weighted by Crippen LogP contribution is 2.35. The molecule has 0 saturated carbocycles. The van der Waals surface area contributed by atoms with E-state index in [2.05, 4.69) is 22.2 Å². The maximum Gasteiger partial charge on any atom is 0.419 e. The van der Waals surface area contributed by atoms with E-state index in [1.807, 2.05) is 56.6 Å². The highest BCUT2D eigenvalue weighted by atomic mass is 16.7. The number of unbranched alkanes of at least 4 members (excludes halogenated alkanes) is 3. The first-order chi connectivity index (χ1) is 23.1. The monoisotopic (exact) mass is 658 g/mol. The number of amides is 1. The Kier molecular flexibility index (Phi) is 10.5. The summed E-state index contributed by atoms with van der Waals surface area (Å²) in [5.74, 6) is 0.0905. The van der Waals surface area contributed by atoms with Gasteiger partial charge in [0.1, 0.15) is 11.4 Å². The Bertz CT molecular complexity index is 1750. The first-order valence-electron chi connectivity index (χ1n) is 17.5. The van der Waals surface area contributed by atoms with Crippen LogP contribution in [0.3, 0.4) is 0 Å². The maximum absolute atomic E-state index is 13.5. The van der Waals surface area contributed by atoms with Crippen LogP contribution >= 0.6 is 0 Å². The number of carbonyl (C=O) groups excluding carboxylic acids is 2. The summed E-state index contributed by atoms with van der Waals surface area (Å²) in [6.45, 7) is 10.9. The minimum absolute atomic E-state index is 0.0253. The normalized spacial score (nSPS) is 18.9. The number of aromatic nitrogens is 4. The molecule has 2 atom stereocenters. The molecule has 258 valence electrons. The Morgan fingerprint density at radius 2 is 1.85 bits per heavy atom. The zero-order valence-electron chi connectivity index (χ0n) is 29.1. The number of hydrogen-bond acceptors (Lipinski definition) is 8. The van der Waals surface area contributed by atoms with Gasteiger partial charge in [0.2, 0.25) is 0 Å². The van der Waals surface area contributed by atoms with Gasteiger partial charge in [-0.15, -0.1) is 0 Å². The molecule has 48 heavy (non-hydrogen) atoms. The van der Waals surface area contributed by atoms with Crippen LogP contribution in [0, 0.1) is 6.92 Å². The van der Waals surface area contributed by atoms with Crippen LogP contribution < -0.4 is 5.32 Å². The summed E-state index contributed by atoms with van der Waals surface area (Å²) in [6, 6.07) is 9.56. The predicted molar refractivity (Wildman–Crippen MR) is 186 cm³/mol. The fourth-order valence-corrected chi connectivity index (χ4v) is 6.85. The van der Waals surface area contributed by atoms with Crippen LogP contribution in [-0.2, 0) is 20.8 Å². The molecule has 2 aliphatic heterocycles. The lowest BCUT2D eigenvalue weighted by molar-refractivity contribution is -0.162. The fourth-order valence-electron chi connectivity index (χ4n) is 6.85. The molecule has 0 bridgehead atoms. The molecule has 1 aromatic carbocycles. The van der Waals surface area contributed by atoms with E-state index in [-0.39, 0.29) is 18.2 Å². The number of nitrogens with zero attached hydrogens (tertiary/aromatic N) is 5. The van der Waals surface area contributed by atoms with Gasteiger partial charge in [-0.1, -0.05) is 18.9 Å². The Morgan fingerprint density at radius 3 is 2.60 bits per heavy atom. The van der Waals surface area contributed by atoms with Crippen molar-refractivity contribution >= 4 is 39.6 Å². The molecule has 11 nitrogen and oxygen atoms in total. The van der Waals surface area contributed by atoms with Gasteiger partial charge in [-0.05, 0) is 104 Å². The number of aryl methyl sites for hydroxylation is 2. The van der Waals surface area contributed by atoms with Gasteiger partial charge < -0.3 is 19.5 Å². The highest BCUT2D eigenvalue weighted by molar-refractivity contribution is 6.06. The van der Waals surface area contributed by atoms with Crippen molar-refractivity contribution in [2.45, 2.75) is 110 Å². The lowest BCUT2D eigenvalue weighted by Gasteiger charge is -2.24. The number of carbonyl (C=O) groups is 2. The number of anilines is 1. The lowest BCUT2D eigenvalue weighted by Crippen LogP contribution is -2.30. The minimum atomic E-state index is -0.654. The van der Waals surface area contributed by atoms with Crippen LogP contribution in [0.1, 0.15) is 106 Å². The van der Waals surface area contributed by atoms with Crippen molar-refractivity contribution in [1.29, 1.82) is 0 Å². The fraction of sp³-hybridized carbons (Fsp3) is 0.568. The average molecular weight is 659 g/mol. The van der Waals surface area contributed by atoms with E-state index in [9.17, 15) is 9.59 Å². The molecule has 5 heterocycles. The summed E-state index contributed by atoms with van der Waals surface area (Å²) in [6.07, 6.45) is 10.8. The molecule has 11 heteroatoms. The predicted octanol–water partition coefficient (Wildman–Crippen LogP) is 7.60. The molecule has 3 aromatic heterocycles. The van der Waals surface area contributed by atoms with E-state index >= 15 is 0 Å². The molecule has 2 fully saturated rings. The number of pyridine rings is 1. The van der Waals surface area contributed by atoms with Gasteiger partial charge in [0.25, 0.3) is 5.91 Å². The standard InChI is InChI=1S/C37H50N6O5/c1-25-28-16-15-26(21-31(28)42(40-25)18-9-6-7-10-19-46-34-14-8-11-20-47-34)35(44)39-33-23-30-27(24-38-33)22-32(29-13-12-17-41(29)5)43(30)36(45)48-37(2,3)4/h15-16,21-24,29,34H,6-14,17-20H2,1-5H3,(H,38,39,44)/t29-,34?/m1/s1. The molecular formula is C37H50N6O5. The van der Waals surface area contributed by atoms with E-state index in [0.717, 1.165) is 105 Å². The number of likely N-dealkylation sites (tertiary alicyclic amines) is 1. The SMILES string of the molecule is Cc1nn(CCCCCCOC2CCCCO2)c2cc(C(=O)Nc3cc4c(cn3)cc([C@H]3CCCN3C)n4C(=O)OC(C)(C)C)ccc12. The molecule has 2 saturated heterocycles. The minimum Gasteiger partial charge on any atom is -0.443 e. The summed E-state index contributed by atoms with van der Waals surface area (Å²) in [4.78, 5) is 33.9. The van der Waals surface area contributed by atoms with E-state index in [0.29, 0.717) is 16.9 Å². The van der Waals surface area contributed by atoms with Crippen molar-refractivity contribution in [3.63, 3.8) is 0 Å². The zero-order valence-corrected chi connectivity index (χ0v) is 29.1. The quantitative estimate of drug-likeness (QED) is 0.164. The number of benzene rings is 1. The molecule has 1 unspecified atom stereocenters. The highest BCUT2D eigenvalue weighted by Gasteiger charge is 2.31. The Hall–Kier alpha value is -3.80. The first-order valence-corrected chi connectivity index (χ1v) is 17.5. The maximum atomic E-state index is 13.5. The number of hydrogen-bond donors (Lipinski definition) is 1. The van der Waals surface area contributed by atoms with Gasteiger partial charge in [0, 0.05) is 54.1 Å². The van der Waals surface area contributed by atoms with Crippen molar-refractivity contribution in [3.8, 4) is 0 Å². The van der Waals surface area contributed by atoms with E-state index in [1.54, 1.807) is 16.8 Å². The number of ether oxygens (including phenoxy) is 3. The van der Waals surface area contributed by atoms with Crippen LogP contribution in [0.4, 0.5) is 10.6 Å². The van der Waals surface area contributed by atoms with Gasteiger partial charge >= 0.3 is 6.09 Å². The van der Waals surface area contributed by atoms with Crippen molar-refractivity contribution in [2.24, 2.45) is 0 Å². The summed E-state index contributed by atoms with van der Waals surface area (Å²) in [5.41, 5.74) is 3.27. The molecule has 4 aromatic rings. The lowest BCUT2D eigenvalue weighted by atomic mass is 10.1. The van der Waals surface area contributed by atoms with Crippen LogP contribution in [0.15, 0.2) is 36.5 Å². The van der Waals surface area contributed by atoms with E-state index in [1.165, 1.54) is 6.42 Å². The summed E-state index contributed by atoms with van der Waals surface area (Å²) >= 11 is 0. The molecule has 6 rings (SSSR count). The Morgan fingerprint density at radius 1 is 1.02 bits per heavy atom. The van der Waals surface area contributed by atoms with Crippen molar-refractivity contribution < 1.29 is 23.8 Å². The molecular weight excluding hydrogens is 608 g/mol. The third kappa shape index (κ3) is 7.90. The van der Waals surface area contributed by atoms with Gasteiger partial charge in [0.15, 0.2) is 6.29 Å². The molecule has 0 aliphatic carbocycles.